The maximum atomic E-state index is 9.76. The van der Waals surface area contributed by atoms with Crippen molar-refractivity contribution in [2.75, 3.05) is 0 Å². The number of thiophene rings is 1. The molecule has 0 bridgehead atoms. The zero-order chi connectivity index (χ0) is 8.39. The zero-order valence-corrected chi connectivity index (χ0v) is 7.21. The minimum Gasteiger partial charge on any atom is -0.383 e. The average molecular weight is 179 g/mol. The van der Waals surface area contributed by atoms with E-state index in [-0.39, 0.29) is 0 Å². The van der Waals surface area contributed by atoms with E-state index in [4.69, 9.17) is 0 Å². The number of hydrogen-bond donors (Lipinski definition) is 2. The molecule has 1 atom stereocenters. The molecule has 2 aromatic heterocycles. The lowest BCUT2D eigenvalue weighted by Gasteiger charge is -2.04. The summed E-state index contributed by atoms with van der Waals surface area (Å²) in [6.07, 6.45) is 3.15. The molecule has 2 nitrogen and oxygen atoms in total. The molecule has 1 unspecified atom stereocenters. The summed E-state index contributed by atoms with van der Waals surface area (Å²) in [6.45, 7) is 0. The van der Waals surface area contributed by atoms with E-state index >= 15 is 0 Å². The molecule has 0 saturated heterocycles. The largest absolute Gasteiger partial charge is 0.383 e. The average Bonchev–Trinajstić information content (AvgIpc) is 2.77. The fraction of sp³-hybridized carbons (Fsp3) is 0.111. The molecule has 3 heteroatoms. The van der Waals surface area contributed by atoms with Gasteiger partial charge in [-0.1, -0.05) is 6.07 Å². The van der Waals surface area contributed by atoms with Crippen LogP contribution in [0.1, 0.15) is 16.5 Å². The Hall–Kier alpha value is -1.06. The summed E-state index contributed by atoms with van der Waals surface area (Å²) < 4.78 is 0. The van der Waals surface area contributed by atoms with Crippen molar-refractivity contribution in [3.63, 3.8) is 0 Å². The molecule has 2 N–H and O–H groups in total. The van der Waals surface area contributed by atoms with Crippen LogP contribution in [-0.2, 0) is 0 Å². The Morgan fingerprint density at radius 3 is 2.92 bits per heavy atom. The van der Waals surface area contributed by atoms with Crippen LogP contribution in [0.3, 0.4) is 0 Å². The maximum Gasteiger partial charge on any atom is 0.115 e. The normalized spacial score (nSPS) is 13.1. The number of rotatable bonds is 2. The summed E-state index contributed by atoms with van der Waals surface area (Å²) in [5.41, 5.74) is 0.914. The minimum atomic E-state index is -0.476. The first-order chi connectivity index (χ1) is 5.88. The highest BCUT2D eigenvalue weighted by molar-refractivity contribution is 7.10. The standard InChI is InChI=1S/C9H9NOS/c11-9(7-3-4-10-6-7)8-2-1-5-12-8/h1-6,9-11H. The third-order valence-corrected chi connectivity index (χ3v) is 2.68. The second-order valence-corrected chi connectivity index (χ2v) is 3.54. The van der Waals surface area contributed by atoms with Crippen LogP contribution >= 0.6 is 11.3 Å². The molecule has 0 aliphatic carbocycles. The summed E-state index contributed by atoms with van der Waals surface area (Å²) in [6, 6.07) is 5.75. The Labute approximate surface area is 74.5 Å². The fourth-order valence-electron chi connectivity index (χ4n) is 1.12. The van der Waals surface area contributed by atoms with Gasteiger partial charge in [-0.3, -0.25) is 0 Å². The topological polar surface area (TPSA) is 36.0 Å². The summed E-state index contributed by atoms with van der Waals surface area (Å²) in [4.78, 5) is 3.90. The van der Waals surface area contributed by atoms with Crippen LogP contribution in [0, 0.1) is 0 Å². The molecule has 2 heterocycles. The number of aromatic nitrogens is 1. The fourth-order valence-corrected chi connectivity index (χ4v) is 1.85. The van der Waals surface area contributed by atoms with Crippen molar-refractivity contribution in [3.05, 3.63) is 46.4 Å². The molecule has 12 heavy (non-hydrogen) atoms. The Morgan fingerprint density at radius 1 is 1.42 bits per heavy atom. The Bertz CT molecular complexity index is 291. The Morgan fingerprint density at radius 2 is 2.33 bits per heavy atom. The van der Waals surface area contributed by atoms with Crippen LogP contribution in [0.15, 0.2) is 36.0 Å². The molecule has 0 saturated carbocycles. The molecular weight excluding hydrogens is 170 g/mol. The molecular formula is C9H9NOS. The van der Waals surface area contributed by atoms with Gasteiger partial charge in [-0.15, -0.1) is 11.3 Å². The maximum absolute atomic E-state index is 9.76. The van der Waals surface area contributed by atoms with Gasteiger partial charge in [-0.05, 0) is 17.5 Å². The van der Waals surface area contributed by atoms with Crippen LogP contribution < -0.4 is 0 Å². The highest BCUT2D eigenvalue weighted by Gasteiger charge is 2.10. The number of aliphatic hydroxyl groups is 1. The van der Waals surface area contributed by atoms with E-state index in [2.05, 4.69) is 4.98 Å². The molecule has 0 spiro atoms. The third kappa shape index (κ3) is 1.29. The minimum absolute atomic E-state index is 0.476. The van der Waals surface area contributed by atoms with Crippen molar-refractivity contribution >= 4 is 11.3 Å². The smallest absolute Gasteiger partial charge is 0.115 e. The van der Waals surface area contributed by atoms with Gasteiger partial charge in [-0.25, -0.2) is 0 Å². The number of aliphatic hydroxyl groups excluding tert-OH is 1. The van der Waals surface area contributed by atoms with Gasteiger partial charge in [0, 0.05) is 22.8 Å². The van der Waals surface area contributed by atoms with Crippen molar-refractivity contribution in [3.8, 4) is 0 Å². The summed E-state index contributed by atoms with van der Waals surface area (Å²) in [5, 5.41) is 11.7. The first-order valence-electron chi connectivity index (χ1n) is 3.72. The van der Waals surface area contributed by atoms with E-state index in [9.17, 15) is 5.11 Å². The highest BCUT2D eigenvalue weighted by Crippen LogP contribution is 2.24. The van der Waals surface area contributed by atoms with E-state index in [0.29, 0.717) is 0 Å². The van der Waals surface area contributed by atoms with Gasteiger partial charge >= 0.3 is 0 Å². The predicted octanol–water partition coefficient (Wildman–Crippen LogP) is 2.16. The van der Waals surface area contributed by atoms with Gasteiger partial charge in [0.05, 0.1) is 0 Å². The van der Waals surface area contributed by atoms with Crippen LogP contribution in [0.4, 0.5) is 0 Å². The molecule has 2 aromatic rings. The second-order valence-electron chi connectivity index (χ2n) is 2.56. The van der Waals surface area contributed by atoms with Gasteiger partial charge in [0.25, 0.3) is 0 Å². The van der Waals surface area contributed by atoms with E-state index in [1.807, 2.05) is 36.0 Å². The molecule has 0 aliphatic rings. The van der Waals surface area contributed by atoms with Crippen LogP contribution in [0.5, 0.6) is 0 Å². The zero-order valence-electron chi connectivity index (χ0n) is 6.40. The highest BCUT2D eigenvalue weighted by atomic mass is 32.1. The number of aromatic amines is 1. The van der Waals surface area contributed by atoms with E-state index in [1.54, 1.807) is 11.3 Å². The monoisotopic (exact) mass is 179 g/mol. The number of hydrogen-bond acceptors (Lipinski definition) is 2. The van der Waals surface area contributed by atoms with Crippen molar-refractivity contribution in [1.82, 2.24) is 4.98 Å². The van der Waals surface area contributed by atoms with Crippen LogP contribution in [-0.4, -0.2) is 10.1 Å². The predicted molar refractivity (Wildman–Crippen MR) is 49.2 cm³/mol. The van der Waals surface area contributed by atoms with Crippen molar-refractivity contribution < 1.29 is 5.11 Å². The van der Waals surface area contributed by atoms with Gasteiger partial charge in [0.15, 0.2) is 0 Å². The third-order valence-electron chi connectivity index (χ3n) is 1.75. The van der Waals surface area contributed by atoms with Gasteiger partial charge in [-0.2, -0.15) is 0 Å². The van der Waals surface area contributed by atoms with E-state index in [1.165, 1.54) is 0 Å². The van der Waals surface area contributed by atoms with E-state index in [0.717, 1.165) is 10.4 Å². The molecule has 0 aliphatic heterocycles. The SMILES string of the molecule is OC(c1cc[nH]c1)c1cccs1. The number of nitrogens with one attached hydrogen (secondary N) is 1. The Balaban J connectivity index is 2.27. The summed E-state index contributed by atoms with van der Waals surface area (Å²) in [5.74, 6) is 0. The molecule has 62 valence electrons. The van der Waals surface area contributed by atoms with Crippen LogP contribution in [0.2, 0.25) is 0 Å². The lowest BCUT2D eigenvalue weighted by Crippen LogP contribution is -1.93. The number of H-pyrrole nitrogens is 1. The molecule has 0 fully saturated rings. The van der Waals surface area contributed by atoms with Gasteiger partial charge in [0.2, 0.25) is 0 Å². The molecule has 2 rings (SSSR count). The van der Waals surface area contributed by atoms with Crippen molar-refractivity contribution in [1.29, 1.82) is 0 Å². The second kappa shape index (κ2) is 3.13. The molecule has 0 aromatic carbocycles. The molecule has 0 amide bonds. The molecule has 0 radical (unpaired) electrons. The van der Waals surface area contributed by atoms with E-state index < -0.39 is 6.10 Å². The van der Waals surface area contributed by atoms with Gasteiger partial charge < -0.3 is 10.1 Å². The quantitative estimate of drug-likeness (QED) is 0.728. The first kappa shape index (κ1) is 7.58. The van der Waals surface area contributed by atoms with Crippen molar-refractivity contribution in [2.45, 2.75) is 6.10 Å². The van der Waals surface area contributed by atoms with Crippen LogP contribution in [0.25, 0.3) is 0 Å². The lowest BCUT2D eigenvalue weighted by atomic mass is 10.2. The Kier molecular flexibility index (Phi) is 1.98. The summed E-state index contributed by atoms with van der Waals surface area (Å²) in [7, 11) is 0. The lowest BCUT2D eigenvalue weighted by molar-refractivity contribution is 0.224. The summed E-state index contributed by atoms with van der Waals surface area (Å²) >= 11 is 1.57. The van der Waals surface area contributed by atoms with Gasteiger partial charge in [0.1, 0.15) is 6.10 Å². The first-order valence-corrected chi connectivity index (χ1v) is 4.60. The van der Waals surface area contributed by atoms with Crippen molar-refractivity contribution in [2.24, 2.45) is 0 Å².